The van der Waals surface area contributed by atoms with Gasteiger partial charge in [-0.1, -0.05) is 32.1 Å². The number of anilines is 1. The maximum absolute atomic E-state index is 11.0. The van der Waals surface area contributed by atoms with Crippen molar-refractivity contribution in [2.24, 2.45) is 5.92 Å². The van der Waals surface area contributed by atoms with Crippen LogP contribution in [0.5, 0.6) is 0 Å². The molecule has 0 unspecified atom stereocenters. The van der Waals surface area contributed by atoms with Gasteiger partial charge in [0.05, 0.1) is 5.54 Å². The van der Waals surface area contributed by atoms with Crippen molar-refractivity contribution in [3.05, 3.63) is 24.0 Å². The minimum absolute atomic E-state index is 0. The molecule has 4 N–H and O–H groups in total. The highest BCUT2D eigenvalue weighted by atomic mass is 35.5. The van der Waals surface area contributed by atoms with E-state index in [1.54, 1.807) is 23.9 Å². The highest BCUT2D eigenvalue weighted by molar-refractivity contribution is 5.90. The lowest BCUT2D eigenvalue weighted by Gasteiger charge is -2.41. The molecule has 1 aromatic rings. The second-order valence-corrected chi connectivity index (χ2v) is 7.54. The summed E-state index contributed by atoms with van der Waals surface area (Å²) < 4.78 is 0. The Balaban J connectivity index is 0.00000196. The molecular formula is C19H31Cl2N5O2. The molecule has 1 saturated carbocycles. The van der Waals surface area contributed by atoms with E-state index in [1.807, 2.05) is 0 Å². The van der Waals surface area contributed by atoms with Crippen LogP contribution in [-0.4, -0.2) is 39.7 Å². The second-order valence-electron chi connectivity index (χ2n) is 7.54. The zero-order chi connectivity index (χ0) is 18.2. The van der Waals surface area contributed by atoms with Crippen LogP contribution >= 0.6 is 24.8 Å². The minimum atomic E-state index is -0.577. The monoisotopic (exact) mass is 431 g/mol. The van der Waals surface area contributed by atoms with Crippen LogP contribution in [0.25, 0.3) is 6.08 Å². The van der Waals surface area contributed by atoms with Gasteiger partial charge in [0.25, 0.3) is 5.91 Å². The van der Waals surface area contributed by atoms with Gasteiger partial charge in [-0.05, 0) is 37.8 Å². The van der Waals surface area contributed by atoms with Crippen molar-refractivity contribution in [1.82, 2.24) is 20.8 Å². The lowest BCUT2D eigenvalue weighted by atomic mass is 9.76. The molecule has 158 valence electrons. The Bertz CT molecular complexity index is 615. The molecule has 0 bridgehead atoms. The third kappa shape index (κ3) is 7.20. The molecule has 1 atom stereocenters. The lowest BCUT2D eigenvalue weighted by Crippen LogP contribution is -2.52. The van der Waals surface area contributed by atoms with Crippen LogP contribution in [-0.2, 0) is 4.79 Å². The number of amides is 1. The third-order valence-corrected chi connectivity index (χ3v) is 5.46. The average Bonchev–Trinajstić information content (AvgIpc) is 2.68. The average molecular weight is 432 g/mol. The van der Waals surface area contributed by atoms with Gasteiger partial charge in [0.1, 0.15) is 0 Å². The first-order chi connectivity index (χ1) is 12.7. The summed E-state index contributed by atoms with van der Waals surface area (Å²) in [5.41, 5.74) is 2.29. The number of carbonyl (C=O) groups is 1. The molecule has 1 aromatic heterocycles. The van der Waals surface area contributed by atoms with Crippen LogP contribution in [0.3, 0.4) is 0 Å². The van der Waals surface area contributed by atoms with E-state index >= 15 is 0 Å². The number of hydrogen-bond donors (Lipinski definition) is 4. The van der Waals surface area contributed by atoms with Gasteiger partial charge in [0, 0.05) is 30.6 Å². The highest BCUT2D eigenvalue weighted by Crippen LogP contribution is 2.35. The molecule has 1 aliphatic carbocycles. The molecule has 3 rings (SSSR count). The zero-order valence-electron chi connectivity index (χ0n) is 16.0. The number of nitrogens with one attached hydrogen (secondary N) is 3. The normalized spacial score (nSPS) is 22.8. The van der Waals surface area contributed by atoms with E-state index in [1.165, 1.54) is 44.6 Å². The molecular weight excluding hydrogens is 401 g/mol. The van der Waals surface area contributed by atoms with Crippen molar-refractivity contribution in [2.75, 3.05) is 18.4 Å². The Morgan fingerprint density at radius 3 is 2.54 bits per heavy atom. The van der Waals surface area contributed by atoms with E-state index in [0.29, 0.717) is 11.5 Å². The Hall–Kier alpha value is -1.41. The number of aromatic nitrogens is 2. The van der Waals surface area contributed by atoms with Crippen LogP contribution in [0.4, 0.5) is 5.95 Å². The molecule has 2 heterocycles. The lowest BCUT2D eigenvalue weighted by molar-refractivity contribution is -0.124. The van der Waals surface area contributed by atoms with E-state index in [-0.39, 0.29) is 30.4 Å². The Labute approximate surface area is 179 Å². The smallest absolute Gasteiger partial charge is 0.267 e. The van der Waals surface area contributed by atoms with Gasteiger partial charge >= 0.3 is 0 Å². The number of halogens is 2. The summed E-state index contributed by atoms with van der Waals surface area (Å²) in [5, 5.41) is 15.7. The molecule has 1 saturated heterocycles. The summed E-state index contributed by atoms with van der Waals surface area (Å²) in [6.45, 7) is 2.02. The van der Waals surface area contributed by atoms with Crippen molar-refractivity contribution in [1.29, 1.82) is 0 Å². The molecule has 9 heteroatoms. The standard InChI is InChI=1S/C19H29N5O2.2ClH/c25-17(24-26)8-7-16-12-21-18(22-13-16)23-19(9-4-10-20-14-19)11-15-5-2-1-3-6-15;;/h7-8,12-13,15,20,26H,1-6,9-11,14H2,(H,24,25)(H,21,22,23);2*1H/b8-7+;;/t19-;;/m1../s1. The number of carbonyl (C=O) groups excluding carboxylic acids is 1. The van der Waals surface area contributed by atoms with E-state index in [4.69, 9.17) is 5.21 Å². The fourth-order valence-corrected chi connectivity index (χ4v) is 4.18. The topological polar surface area (TPSA) is 99.2 Å². The van der Waals surface area contributed by atoms with Crippen molar-refractivity contribution >= 4 is 42.7 Å². The largest absolute Gasteiger partial charge is 0.347 e. The summed E-state index contributed by atoms with van der Waals surface area (Å²) >= 11 is 0. The van der Waals surface area contributed by atoms with Crippen LogP contribution in [0.2, 0.25) is 0 Å². The first kappa shape index (κ1) is 24.6. The molecule has 2 fully saturated rings. The summed E-state index contributed by atoms with van der Waals surface area (Å²) in [5.74, 6) is 0.843. The van der Waals surface area contributed by atoms with Gasteiger partial charge in [0.2, 0.25) is 5.95 Å². The molecule has 2 aliphatic rings. The maximum Gasteiger partial charge on any atom is 0.267 e. The second kappa shape index (κ2) is 12.2. The zero-order valence-corrected chi connectivity index (χ0v) is 17.7. The molecule has 1 amide bonds. The first-order valence-electron chi connectivity index (χ1n) is 9.62. The van der Waals surface area contributed by atoms with E-state index in [0.717, 1.165) is 31.8 Å². The van der Waals surface area contributed by atoms with E-state index in [2.05, 4.69) is 20.6 Å². The fourth-order valence-electron chi connectivity index (χ4n) is 4.18. The number of nitrogens with zero attached hydrogens (tertiary/aromatic N) is 2. The van der Waals surface area contributed by atoms with Gasteiger partial charge in [-0.3, -0.25) is 10.0 Å². The molecule has 0 radical (unpaired) electrons. The van der Waals surface area contributed by atoms with Crippen LogP contribution in [0.1, 0.15) is 56.9 Å². The van der Waals surface area contributed by atoms with Crippen molar-refractivity contribution in [3.63, 3.8) is 0 Å². The Morgan fingerprint density at radius 1 is 1.21 bits per heavy atom. The van der Waals surface area contributed by atoms with Gasteiger partial charge < -0.3 is 10.6 Å². The summed E-state index contributed by atoms with van der Waals surface area (Å²) in [6.07, 6.45) is 16.4. The molecule has 28 heavy (non-hydrogen) atoms. The van der Waals surface area contributed by atoms with Gasteiger partial charge in [-0.15, -0.1) is 24.8 Å². The summed E-state index contributed by atoms with van der Waals surface area (Å²) in [7, 11) is 0. The highest BCUT2D eigenvalue weighted by Gasteiger charge is 2.35. The first-order valence-corrected chi connectivity index (χ1v) is 9.62. The van der Waals surface area contributed by atoms with Crippen molar-refractivity contribution < 1.29 is 10.0 Å². The van der Waals surface area contributed by atoms with E-state index < -0.39 is 5.91 Å². The van der Waals surface area contributed by atoms with Crippen LogP contribution in [0, 0.1) is 5.92 Å². The summed E-state index contributed by atoms with van der Waals surface area (Å²) in [6, 6.07) is 0. The van der Waals surface area contributed by atoms with Gasteiger partial charge in [0.15, 0.2) is 0 Å². The summed E-state index contributed by atoms with van der Waals surface area (Å²) in [4.78, 5) is 19.9. The minimum Gasteiger partial charge on any atom is -0.347 e. The molecule has 1 aliphatic heterocycles. The number of piperidine rings is 1. The fraction of sp³-hybridized carbons (Fsp3) is 0.632. The van der Waals surface area contributed by atoms with Crippen LogP contribution < -0.4 is 16.1 Å². The predicted molar refractivity (Wildman–Crippen MR) is 115 cm³/mol. The predicted octanol–water partition coefficient (Wildman–Crippen LogP) is 3.34. The van der Waals surface area contributed by atoms with Crippen LogP contribution in [0.15, 0.2) is 18.5 Å². The number of rotatable bonds is 6. The third-order valence-electron chi connectivity index (χ3n) is 5.46. The number of hydrogen-bond acceptors (Lipinski definition) is 6. The van der Waals surface area contributed by atoms with Crippen molar-refractivity contribution in [3.8, 4) is 0 Å². The SMILES string of the molecule is Cl.Cl.O=C(/C=C/c1cnc(N[C@@]2(CC3CCCCC3)CCCNC2)nc1)NO. The molecule has 0 spiro atoms. The maximum atomic E-state index is 11.0. The molecule has 0 aromatic carbocycles. The van der Waals surface area contributed by atoms with Gasteiger partial charge in [-0.25, -0.2) is 15.4 Å². The van der Waals surface area contributed by atoms with Gasteiger partial charge in [-0.2, -0.15) is 0 Å². The van der Waals surface area contributed by atoms with E-state index in [9.17, 15) is 4.79 Å². The Morgan fingerprint density at radius 2 is 1.93 bits per heavy atom. The quantitative estimate of drug-likeness (QED) is 0.313. The van der Waals surface area contributed by atoms with Crippen molar-refractivity contribution in [2.45, 2.75) is 56.9 Å². The Kier molecular flexibility index (Phi) is 10.7. The molecule has 7 nitrogen and oxygen atoms in total. The number of hydroxylamine groups is 1.